The molecule has 0 bridgehead atoms. The lowest BCUT2D eigenvalue weighted by molar-refractivity contribution is 0.494. The maximum atomic E-state index is 13.4. The Kier molecular flexibility index (Phi) is 7.28. The van der Waals surface area contributed by atoms with Gasteiger partial charge in [-0.3, -0.25) is 0 Å². The summed E-state index contributed by atoms with van der Waals surface area (Å²) in [5.74, 6) is 0.259. The van der Waals surface area contributed by atoms with Crippen LogP contribution in [0.4, 0.5) is 8.78 Å². The normalized spacial score (nSPS) is 12.7. The highest BCUT2D eigenvalue weighted by Gasteiger charge is 2.11. The monoisotopic (exact) mass is 273 g/mol. The lowest BCUT2D eigenvalue weighted by Gasteiger charge is -2.14. The van der Waals surface area contributed by atoms with Crippen LogP contribution in [-0.2, 0) is 6.42 Å². The highest BCUT2D eigenvalue weighted by molar-refractivity contribution is 7.98. The molecule has 0 aliphatic rings. The van der Waals surface area contributed by atoms with Crippen LogP contribution in [0.1, 0.15) is 25.3 Å². The van der Waals surface area contributed by atoms with Crippen molar-refractivity contribution in [2.45, 2.75) is 32.2 Å². The van der Waals surface area contributed by atoms with Gasteiger partial charge in [0.1, 0.15) is 11.6 Å². The third-order valence-electron chi connectivity index (χ3n) is 2.84. The summed E-state index contributed by atoms with van der Waals surface area (Å²) in [5, 5.41) is 3.30. The summed E-state index contributed by atoms with van der Waals surface area (Å²) in [6.45, 7) is 2.86. The molecule has 1 unspecified atom stereocenters. The van der Waals surface area contributed by atoms with Gasteiger partial charge in [0.25, 0.3) is 0 Å². The van der Waals surface area contributed by atoms with E-state index in [0.717, 1.165) is 18.7 Å². The minimum atomic E-state index is -0.453. The van der Waals surface area contributed by atoms with Crippen molar-refractivity contribution in [3.8, 4) is 0 Å². The molecule has 0 heterocycles. The Morgan fingerprint density at radius 1 is 1.22 bits per heavy atom. The van der Waals surface area contributed by atoms with Gasteiger partial charge < -0.3 is 5.32 Å². The molecule has 0 aliphatic carbocycles. The molecule has 0 aliphatic heterocycles. The molecule has 102 valence electrons. The second-order valence-corrected chi connectivity index (χ2v) is 5.45. The average Bonchev–Trinajstić information content (AvgIpc) is 2.34. The van der Waals surface area contributed by atoms with Crippen LogP contribution >= 0.6 is 11.8 Å². The van der Waals surface area contributed by atoms with E-state index in [4.69, 9.17) is 0 Å². The number of hydrogen-bond donors (Lipinski definition) is 1. The van der Waals surface area contributed by atoms with Gasteiger partial charge in [-0.25, -0.2) is 8.78 Å². The number of benzene rings is 1. The van der Waals surface area contributed by atoms with Gasteiger partial charge in [-0.2, -0.15) is 11.8 Å². The molecule has 18 heavy (non-hydrogen) atoms. The van der Waals surface area contributed by atoms with Crippen LogP contribution in [-0.4, -0.2) is 24.6 Å². The first-order valence-corrected chi connectivity index (χ1v) is 7.69. The molecule has 4 heteroatoms. The molecule has 1 nitrogen and oxygen atoms in total. The summed E-state index contributed by atoms with van der Waals surface area (Å²) in [7, 11) is 0. The molecule has 0 fully saturated rings. The second kappa shape index (κ2) is 8.48. The van der Waals surface area contributed by atoms with Crippen LogP contribution in [0.3, 0.4) is 0 Å². The van der Waals surface area contributed by atoms with Crippen molar-refractivity contribution < 1.29 is 8.78 Å². The summed E-state index contributed by atoms with van der Waals surface area (Å²) in [5.41, 5.74) is 0.182. The van der Waals surface area contributed by atoms with Gasteiger partial charge in [-0.15, -0.1) is 0 Å². The maximum absolute atomic E-state index is 13.4. The van der Waals surface area contributed by atoms with Crippen molar-refractivity contribution in [2.24, 2.45) is 0 Å². The second-order valence-electron chi connectivity index (χ2n) is 4.46. The number of hydrogen-bond acceptors (Lipinski definition) is 2. The Hall–Kier alpha value is -0.610. The molecule has 1 N–H and O–H groups in total. The molecule has 0 amide bonds. The zero-order chi connectivity index (χ0) is 13.4. The maximum Gasteiger partial charge on any atom is 0.129 e. The van der Waals surface area contributed by atoms with E-state index in [2.05, 4.69) is 11.6 Å². The molecule has 1 atom stereocenters. The van der Waals surface area contributed by atoms with Gasteiger partial charge in [0.2, 0.25) is 0 Å². The van der Waals surface area contributed by atoms with Gasteiger partial charge in [0, 0.05) is 11.6 Å². The minimum Gasteiger partial charge on any atom is -0.314 e. The van der Waals surface area contributed by atoms with Crippen LogP contribution in [0.25, 0.3) is 0 Å². The summed E-state index contributed by atoms with van der Waals surface area (Å²) >= 11 is 1.84. The first kappa shape index (κ1) is 15.4. The van der Waals surface area contributed by atoms with Crippen LogP contribution in [0.5, 0.6) is 0 Å². The lowest BCUT2D eigenvalue weighted by Crippen LogP contribution is -2.29. The number of rotatable bonds is 8. The third kappa shape index (κ3) is 5.36. The third-order valence-corrected chi connectivity index (χ3v) is 3.54. The van der Waals surface area contributed by atoms with E-state index in [0.29, 0.717) is 6.42 Å². The Labute approximate surface area is 112 Å². The van der Waals surface area contributed by atoms with Crippen molar-refractivity contribution in [3.63, 3.8) is 0 Å². The Morgan fingerprint density at radius 3 is 2.50 bits per heavy atom. The van der Waals surface area contributed by atoms with E-state index >= 15 is 0 Å². The SMILES string of the molecule is CSCCCCNC(C)Cc1c(F)cccc1F. The fourth-order valence-corrected chi connectivity index (χ4v) is 2.32. The number of halogens is 2. The molecule has 0 saturated carbocycles. The largest absolute Gasteiger partial charge is 0.314 e. The molecular weight excluding hydrogens is 252 g/mol. The molecule has 0 radical (unpaired) electrons. The van der Waals surface area contributed by atoms with Gasteiger partial charge >= 0.3 is 0 Å². The zero-order valence-corrected chi connectivity index (χ0v) is 11.8. The van der Waals surface area contributed by atoms with Crippen LogP contribution in [0, 0.1) is 11.6 Å². The van der Waals surface area contributed by atoms with Crippen LogP contribution < -0.4 is 5.32 Å². The van der Waals surface area contributed by atoms with Crippen molar-refractivity contribution >= 4 is 11.8 Å². The first-order valence-electron chi connectivity index (χ1n) is 6.30. The highest BCUT2D eigenvalue weighted by atomic mass is 32.2. The average molecular weight is 273 g/mol. The summed E-state index contributed by atoms with van der Waals surface area (Å²) < 4.78 is 26.9. The Morgan fingerprint density at radius 2 is 1.89 bits per heavy atom. The first-order chi connectivity index (χ1) is 8.65. The van der Waals surface area contributed by atoms with E-state index in [9.17, 15) is 8.78 Å². The smallest absolute Gasteiger partial charge is 0.129 e. The zero-order valence-electron chi connectivity index (χ0n) is 11.0. The van der Waals surface area contributed by atoms with Crippen molar-refractivity contribution in [3.05, 3.63) is 35.4 Å². The van der Waals surface area contributed by atoms with Gasteiger partial charge in [0.15, 0.2) is 0 Å². The molecular formula is C14H21F2NS. The number of unbranched alkanes of at least 4 members (excludes halogenated alkanes) is 1. The van der Waals surface area contributed by atoms with E-state index < -0.39 is 11.6 Å². The quantitative estimate of drug-likeness (QED) is 0.726. The van der Waals surface area contributed by atoms with E-state index in [1.54, 1.807) is 0 Å². The fraction of sp³-hybridized carbons (Fsp3) is 0.571. The van der Waals surface area contributed by atoms with Crippen molar-refractivity contribution in [1.29, 1.82) is 0 Å². The van der Waals surface area contributed by atoms with E-state index in [-0.39, 0.29) is 11.6 Å². The predicted molar refractivity (Wildman–Crippen MR) is 75.1 cm³/mol. The standard InChI is InChI=1S/C14H21F2NS/c1-11(17-8-3-4-9-18-2)10-12-13(15)6-5-7-14(12)16/h5-7,11,17H,3-4,8-10H2,1-2H3. The minimum absolute atomic E-state index is 0.0886. The van der Waals surface area contributed by atoms with Crippen LogP contribution in [0.15, 0.2) is 18.2 Å². The number of thioether (sulfide) groups is 1. The van der Waals surface area contributed by atoms with Crippen molar-refractivity contribution in [2.75, 3.05) is 18.6 Å². The molecule has 1 rings (SSSR count). The fourth-order valence-electron chi connectivity index (χ4n) is 1.83. The van der Waals surface area contributed by atoms with Crippen LogP contribution in [0.2, 0.25) is 0 Å². The molecule has 0 spiro atoms. The molecule has 0 saturated heterocycles. The van der Waals surface area contributed by atoms with E-state index in [1.165, 1.54) is 24.6 Å². The molecule has 1 aromatic carbocycles. The van der Waals surface area contributed by atoms with E-state index in [1.807, 2.05) is 18.7 Å². The summed E-state index contributed by atoms with van der Waals surface area (Å²) in [6, 6.07) is 4.10. The number of nitrogens with one attached hydrogen (secondary N) is 1. The van der Waals surface area contributed by atoms with Gasteiger partial charge in [-0.1, -0.05) is 6.07 Å². The molecule has 1 aromatic rings. The Balaban J connectivity index is 2.33. The van der Waals surface area contributed by atoms with Crippen molar-refractivity contribution in [1.82, 2.24) is 5.32 Å². The topological polar surface area (TPSA) is 12.0 Å². The lowest BCUT2D eigenvalue weighted by atomic mass is 10.1. The predicted octanol–water partition coefficient (Wildman–Crippen LogP) is 3.63. The summed E-state index contributed by atoms with van der Waals surface area (Å²) in [4.78, 5) is 0. The molecule has 0 aromatic heterocycles. The Bertz CT molecular complexity index is 337. The highest BCUT2D eigenvalue weighted by Crippen LogP contribution is 2.14. The summed E-state index contributed by atoms with van der Waals surface area (Å²) in [6.07, 6.45) is 4.76. The van der Waals surface area contributed by atoms with Gasteiger partial charge in [-0.05, 0) is 56.9 Å². The van der Waals surface area contributed by atoms with Gasteiger partial charge in [0.05, 0.1) is 0 Å².